The van der Waals surface area contributed by atoms with E-state index >= 15 is 0 Å². The van der Waals surface area contributed by atoms with Crippen LogP contribution in [-0.2, 0) is 23.9 Å². The van der Waals surface area contributed by atoms with Gasteiger partial charge in [0.15, 0.2) is 0 Å². The number of nitrogens with zero attached hydrogens (tertiary/aromatic N) is 6. The summed E-state index contributed by atoms with van der Waals surface area (Å²) in [5.41, 5.74) is 4.50. The van der Waals surface area contributed by atoms with Crippen LogP contribution in [0.25, 0.3) is 0 Å². The minimum Gasteiger partial charge on any atom is -0.378 e. The van der Waals surface area contributed by atoms with Crippen molar-refractivity contribution in [1.82, 2.24) is 29.7 Å². The first-order valence-corrected chi connectivity index (χ1v) is 8.51. The normalized spacial score (nSPS) is 19.8. The van der Waals surface area contributed by atoms with Crippen molar-refractivity contribution in [2.45, 2.75) is 52.7 Å². The molecule has 132 valence electrons. The number of ether oxygens (including phenoxy) is 1. The first kappa shape index (κ1) is 17.1. The largest absolute Gasteiger partial charge is 0.378 e. The topological polar surface area (TPSA) is 61.0 Å². The molecular formula is C17H28N6O. The van der Waals surface area contributed by atoms with Crippen molar-refractivity contribution in [3.63, 3.8) is 0 Å². The smallest absolute Gasteiger partial charge is 0.0967 e. The molecule has 3 rings (SSSR count). The summed E-state index contributed by atoms with van der Waals surface area (Å²) in [6.45, 7) is 13.7. The van der Waals surface area contributed by atoms with Crippen LogP contribution in [0, 0.1) is 13.8 Å². The van der Waals surface area contributed by atoms with Crippen molar-refractivity contribution in [1.29, 1.82) is 0 Å². The van der Waals surface area contributed by atoms with Crippen molar-refractivity contribution in [2.75, 3.05) is 19.8 Å². The Bertz CT molecular complexity index is 711. The number of aryl methyl sites for hydroxylation is 2. The molecule has 0 spiro atoms. The third kappa shape index (κ3) is 3.23. The fraction of sp³-hybridized carbons (Fsp3) is 0.706. The number of aromatic nitrogens is 5. The standard InChI is InChI=1S/C17H28N6O/c1-12-16(13(2)21(6)19-12)15-11-24-8-7-22(15)9-14-10-23(20-18-14)17(3,4)5/h10,15H,7-9,11H2,1-6H3. The highest BCUT2D eigenvalue weighted by Gasteiger charge is 2.30. The van der Waals surface area contributed by atoms with E-state index in [9.17, 15) is 0 Å². The molecule has 2 aromatic rings. The van der Waals surface area contributed by atoms with E-state index in [4.69, 9.17) is 4.74 Å². The molecule has 0 saturated carbocycles. The van der Waals surface area contributed by atoms with E-state index in [1.807, 2.05) is 16.4 Å². The highest BCUT2D eigenvalue weighted by atomic mass is 16.5. The number of rotatable bonds is 3. The van der Waals surface area contributed by atoms with Crippen molar-refractivity contribution in [3.05, 3.63) is 28.8 Å². The van der Waals surface area contributed by atoms with E-state index in [2.05, 4.69) is 61.1 Å². The zero-order chi connectivity index (χ0) is 17.5. The Kier molecular flexibility index (Phi) is 4.48. The van der Waals surface area contributed by atoms with Crippen molar-refractivity contribution < 1.29 is 4.74 Å². The number of morpholine rings is 1. The molecule has 1 aliphatic rings. The zero-order valence-corrected chi connectivity index (χ0v) is 15.6. The molecule has 0 aliphatic carbocycles. The van der Waals surface area contributed by atoms with Crippen LogP contribution in [0.15, 0.2) is 6.20 Å². The SMILES string of the molecule is Cc1nn(C)c(C)c1C1COCCN1Cc1cn(C(C)(C)C)nn1. The van der Waals surface area contributed by atoms with Gasteiger partial charge in [-0.25, -0.2) is 4.68 Å². The van der Waals surface area contributed by atoms with Crippen LogP contribution in [0.4, 0.5) is 0 Å². The molecule has 0 amide bonds. The van der Waals surface area contributed by atoms with Crippen LogP contribution in [0.2, 0.25) is 0 Å². The van der Waals surface area contributed by atoms with Crippen molar-refractivity contribution in [2.24, 2.45) is 7.05 Å². The average molecular weight is 332 g/mol. The molecule has 1 saturated heterocycles. The maximum atomic E-state index is 5.76. The summed E-state index contributed by atoms with van der Waals surface area (Å²) >= 11 is 0. The number of hydrogen-bond acceptors (Lipinski definition) is 5. The fourth-order valence-electron chi connectivity index (χ4n) is 3.27. The Hall–Kier alpha value is -1.73. The molecule has 24 heavy (non-hydrogen) atoms. The Balaban J connectivity index is 1.84. The molecule has 1 aliphatic heterocycles. The zero-order valence-electron chi connectivity index (χ0n) is 15.6. The molecule has 0 N–H and O–H groups in total. The summed E-state index contributed by atoms with van der Waals surface area (Å²) in [4.78, 5) is 2.43. The van der Waals surface area contributed by atoms with Crippen LogP contribution in [0.5, 0.6) is 0 Å². The molecule has 1 atom stereocenters. The molecule has 2 aromatic heterocycles. The predicted octanol–water partition coefficient (Wildman–Crippen LogP) is 1.96. The van der Waals surface area contributed by atoms with E-state index in [1.54, 1.807) is 0 Å². The number of hydrogen-bond donors (Lipinski definition) is 0. The molecule has 0 aromatic carbocycles. The monoisotopic (exact) mass is 332 g/mol. The quantitative estimate of drug-likeness (QED) is 0.860. The summed E-state index contributed by atoms with van der Waals surface area (Å²) in [6.07, 6.45) is 2.05. The Labute approximate surface area is 143 Å². The highest BCUT2D eigenvalue weighted by molar-refractivity contribution is 5.29. The molecule has 7 heteroatoms. The van der Waals surface area contributed by atoms with Gasteiger partial charge in [-0.3, -0.25) is 9.58 Å². The Morgan fingerprint density at radius 2 is 2.04 bits per heavy atom. The Morgan fingerprint density at radius 3 is 2.62 bits per heavy atom. The van der Waals surface area contributed by atoms with Gasteiger partial charge >= 0.3 is 0 Å². The third-order valence-electron chi connectivity index (χ3n) is 4.73. The average Bonchev–Trinajstić information content (AvgIpc) is 3.06. The molecule has 1 unspecified atom stereocenters. The summed E-state index contributed by atoms with van der Waals surface area (Å²) in [6, 6.07) is 0.215. The van der Waals surface area contributed by atoms with Crippen LogP contribution >= 0.6 is 0 Å². The molecule has 0 bridgehead atoms. The van der Waals surface area contributed by atoms with Gasteiger partial charge in [-0.1, -0.05) is 5.21 Å². The lowest BCUT2D eigenvalue weighted by atomic mass is 10.0. The highest BCUT2D eigenvalue weighted by Crippen LogP contribution is 2.30. The second-order valence-corrected chi connectivity index (χ2v) is 7.59. The lowest BCUT2D eigenvalue weighted by Crippen LogP contribution is -2.39. The van der Waals surface area contributed by atoms with Crippen molar-refractivity contribution in [3.8, 4) is 0 Å². The molecule has 7 nitrogen and oxygen atoms in total. The van der Waals surface area contributed by atoms with Gasteiger partial charge in [-0.05, 0) is 34.6 Å². The van der Waals surface area contributed by atoms with Gasteiger partial charge in [0.1, 0.15) is 0 Å². The first-order valence-electron chi connectivity index (χ1n) is 8.51. The van der Waals surface area contributed by atoms with Crippen molar-refractivity contribution >= 4 is 0 Å². The van der Waals surface area contributed by atoms with Crippen LogP contribution in [0.3, 0.4) is 0 Å². The summed E-state index contributed by atoms with van der Waals surface area (Å²) in [7, 11) is 1.99. The van der Waals surface area contributed by atoms with Gasteiger partial charge in [0.05, 0.1) is 42.4 Å². The summed E-state index contributed by atoms with van der Waals surface area (Å²) in [5.74, 6) is 0. The van der Waals surface area contributed by atoms with E-state index in [0.717, 1.165) is 31.1 Å². The first-order chi connectivity index (χ1) is 11.3. The summed E-state index contributed by atoms with van der Waals surface area (Å²) < 4.78 is 9.64. The van der Waals surface area contributed by atoms with Crippen LogP contribution in [-0.4, -0.2) is 49.4 Å². The van der Waals surface area contributed by atoms with E-state index < -0.39 is 0 Å². The van der Waals surface area contributed by atoms with E-state index in [0.29, 0.717) is 6.61 Å². The van der Waals surface area contributed by atoms with Gasteiger partial charge in [0, 0.05) is 31.4 Å². The van der Waals surface area contributed by atoms with Gasteiger partial charge in [0.25, 0.3) is 0 Å². The minimum absolute atomic E-state index is 0.0494. The third-order valence-corrected chi connectivity index (χ3v) is 4.73. The Morgan fingerprint density at radius 1 is 1.29 bits per heavy atom. The summed E-state index contributed by atoms with van der Waals surface area (Å²) in [5, 5.41) is 13.2. The maximum Gasteiger partial charge on any atom is 0.0967 e. The van der Waals surface area contributed by atoms with Crippen LogP contribution < -0.4 is 0 Å². The van der Waals surface area contributed by atoms with Gasteiger partial charge in [-0.15, -0.1) is 5.10 Å². The fourth-order valence-corrected chi connectivity index (χ4v) is 3.27. The maximum absolute atomic E-state index is 5.76. The van der Waals surface area contributed by atoms with E-state index in [1.165, 1.54) is 11.3 Å². The lowest BCUT2D eigenvalue weighted by molar-refractivity contribution is -0.0137. The second kappa shape index (κ2) is 6.29. The van der Waals surface area contributed by atoms with Gasteiger partial charge in [-0.2, -0.15) is 5.10 Å². The molecule has 3 heterocycles. The molecule has 0 radical (unpaired) electrons. The minimum atomic E-state index is -0.0494. The lowest BCUT2D eigenvalue weighted by Gasteiger charge is -2.35. The van der Waals surface area contributed by atoms with Gasteiger partial charge < -0.3 is 4.74 Å². The van der Waals surface area contributed by atoms with Crippen LogP contribution in [0.1, 0.15) is 49.5 Å². The molecular weight excluding hydrogens is 304 g/mol. The predicted molar refractivity (Wildman–Crippen MR) is 91.7 cm³/mol. The second-order valence-electron chi connectivity index (χ2n) is 7.59. The van der Waals surface area contributed by atoms with E-state index in [-0.39, 0.29) is 11.6 Å². The molecule has 1 fully saturated rings. The van der Waals surface area contributed by atoms with Gasteiger partial charge in [0.2, 0.25) is 0 Å².